The molecule has 0 aromatic heterocycles. The molecule has 0 radical (unpaired) electrons. The fraction of sp³-hybridized carbons (Fsp3) is 0.462. The highest BCUT2D eigenvalue weighted by atomic mass is 79.9. The van der Waals surface area contributed by atoms with Gasteiger partial charge < -0.3 is 5.32 Å². The number of benzene rings is 1. The Hall–Kier alpha value is -0.830. The fourth-order valence-corrected chi connectivity index (χ4v) is 2.06. The zero-order chi connectivity index (χ0) is 12.1. The molecule has 3 heteroatoms. The molecule has 0 saturated carbocycles. The lowest BCUT2D eigenvalue weighted by molar-refractivity contribution is -0.121. The second-order valence-electron chi connectivity index (χ2n) is 4.29. The largest absolute Gasteiger partial charge is 0.354 e. The molecule has 0 unspecified atom stereocenters. The van der Waals surface area contributed by atoms with E-state index in [1.165, 1.54) is 11.1 Å². The number of nitrogens with one attached hydrogen (secondary N) is 1. The van der Waals surface area contributed by atoms with Crippen molar-refractivity contribution in [1.29, 1.82) is 0 Å². The van der Waals surface area contributed by atoms with Gasteiger partial charge in [0, 0.05) is 16.9 Å². The van der Waals surface area contributed by atoms with E-state index in [9.17, 15) is 4.79 Å². The summed E-state index contributed by atoms with van der Waals surface area (Å²) in [7, 11) is 0. The maximum Gasteiger partial charge on any atom is 0.220 e. The van der Waals surface area contributed by atoms with Crippen molar-refractivity contribution in [3.05, 3.63) is 33.8 Å². The first-order valence-corrected chi connectivity index (χ1v) is 6.32. The van der Waals surface area contributed by atoms with Gasteiger partial charge in [-0.1, -0.05) is 22.0 Å². The van der Waals surface area contributed by atoms with Gasteiger partial charge in [-0.3, -0.25) is 4.79 Å². The van der Waals surface area contributed by atoms with Crippen molar-refractivity contribution in [2.45, 2.75) is 39.7 Å². The fourth-order valence-electron chi connectivity index (χ4n) is 1.58. The standard InChI is InChI=1S/C13H18BrNO/c1-9(2)15-13(16)7-5-11-4-6-12(14)8-10(11)3/h4,6,8-9H,5,7H2,1-3H3,(H,15,16). The lowest BCUT2D eigenvalue weighted by Gasteiger charge is -2.09. The molecule has 88 valence electrons. The quantitative estimate of drug-likeness (QED) is 0.903. The summed E-state index contributed by atoms with van der Waals surface area (Å²) in [5, 5.41) is 2.90. The molecule has 0 aliphatic rings. The zero-order valence-electron chi connectivity index (χ0n) is 10.0. The molecule has 2 nitrogen and oxygen atoms in total. The maximum absolute atomic E-state index is 11.5. The smallest absolute Gasteiger partial charge is 0.220 e. The van der Waals surface area contributed by atoms with Crippen molar-refractivity contribution >= 4 is 21.8 Å². The van der Waals surface area contributed by atoms with Crippen LogP contribution in [0.25, 0.3) is 0 Å². The van der Waals surface area contributed by atoms with Crippen LogP contribution in [0.15, 0.2) is 22.7 Å². The molecule has 0 fully saturated rings. The van der Waals surface area contributed by atoms with Crippen LogP contribution in [0.5, 0.6) is 0 Å². The molecular weight excluding hydrogens is 266 g/mol. The molecule has 1 rings (SSSR count). The second-order valence-corrected chi connectivity index (χ2v) is 5.21. The van der Waals surface area contributed by atoms with Crippen LogP contribution in [0.1, 0.15) is 31.4 Å². The molecular formula is C13H18BrNO. The normalized spacial score (nSPS) is 10.6. The minimum absolute atomic E-state index is 0.123. The summed E-state index contributed by atoms with van der Waals surface area (Å²) in [6.07, 6.45) is 1.36. The van der Waals surface area contributed by atoms with Crippen molar-refractivity contribution in [3.63, 3.8) is 0 Å². The van der Waals surface area contributed by atoms with Gasteiger partial charge in [0.05, 0.1) is 0 Å². The Kier molecular flexibility index (Phi) is 5.00. The predicted octanol–water partition coefficient (Wildman–Crippen LogP) is 3.21. The third kappa shape index (κ3) is 4.35. The summed E-state index contributed by atoms with van der Waals surface area (Å²) >= 11 is 3.43. The minimum Gasteiger partial charge on any atom is -0.354 e. The second kappa shape index (κ2) is 6.04. The van der Waals surface area contributed by atoms with Crippen LogP contribution in [-0.4, -0.2) is 11.9 Å². The van der Waals surface area contributed by atoms with E-state index in [-0.39, 0.29) is 11.9 Å². The average molecular weight is 284 g/mol. The highest BCUT2D eigenvalue weighted by Crippen LogP contribution is 2.17. The third-order valence-electron chi connectivity index (χ3n) is 2.38. The molecule has 1 N–H and O–H groups in total. The Bertz CT molecular complexity index is 374. The summed E-state index contributed by atoms with van der Waals surface area (Å²) < 4.78 is 1.08. The molecule has 16 heavy (non-hydrogen) atoms. The van der Waals surface area contributed by atoms with Crippen LogP contribution in [0.4, 0.5) is 0 Å². The highest BCUT2D eigenvalue weighted by Gasteiger charge is 2.05. The summed E-state index contributed by atoms with van der Waals surface area (Å²) in [4.78, 5) is 11.5. The Balaban J connectivity index is 2.51. The summed E-state index contributed by atoms with van der Waals surface area (Å²) in [5.74, 6) is 0.123. The van der Waals surface area contributed by atoms with Gasteiger partial charge in [-0.15, -0.1) is 0 Å². The first-order valence-electron chi connectivity index (χ1n) is 5.53. The Labute approximate surface area is 106 Å². The van der Waals surface area contributed by atoms with Crippen molar-refractivity contribution in [1.82, 2.24) is 5.32 Å². The molecule has 0 bridgehead atoms. The predicted molar refractivity (Wildman–Crippen MR) is 70.5 cm³/mol. The van der Waals surface area contributed by atoms with Crippen molar-refractivity contribution in [3.8, 4) is 0 Å². The van der Waals surface area contributed by atoms with E-state index >= 15 is 0 Å². The maximum atomic E-state index is 11.5. The lowest BCUT2D eigenvalue weighted by Crippen LogP contribution is -2.30. The van der Waals surface area contributed by atoms with Gasteiger partial charge in [-0.25, -0.2) is 0 Å². The van der Waals surface area contributed by atoms with E-state index in [2.05, 4.69) is 40.3 Å². The van der Waals surface area contributed by atoms with Crippen LogP contribution < -0.4 is 5.32 Å². The molecule has 0 aliphatic heterocycles. The van der Waals surface area contributed by atoms with Crippen LogP contribution in [0, 0.1) is 6.92 Å². The zero-order valence-corrected chi connectivity index (χ0v) is 11.6. The van der Waals surface area contributed by atoms with E-state index in [4.69, 9.17) is 0 Å². The van der Waals surface area contributed by atoms with E-state index < -0.39 is 0 Å². The van der Waals surface area contributed by atoms with Crippen LogP contribution >= 0.6 is 15.9 Å². The molecule has 0 heterocycles. The number of amides is 1. The Morgan fingerprint density at radius 1 is 1.44 bits per heavy atom. The first kappa shape index (κ1) is 13.2. The summed E-state index contributed by atoms with van der Waals surface area (Å²) in [6.45, 7) is 6.02. The number of hydrogen-bond acceptors (Lipinski definition) is 1. The van der Waals surface area contributed by atoms with Crippen molar-refractivity contribution in [2.24, 2.45) is 0 Å². The molecule has 1 aromatic carbocycles. The van der Waals surface area contributed by atoms with Gasteiger partial charge in [0.2, 0.25) is 5.91 Å². The van der Waals surface area contributed by atoms with Crippen molar-refractivity contribution in [2.75, 3.05) is 0 Å². The number of halogens is 1. The first-order chi connectivity index (χ1) is 7.49. The van der Waals surface area contributed by atoms with Crippen LogP contribution in [0.2, 0.25) is 0 Å². The van der Waals surface area contributed by atoms with E-state index in [1.807, 2.05) is 19.9 Å². The van der Waals surface area contributed by atoms with Gasteiger partial charge >= 0.3 is 0 Å². The highest BCUT2D eigenvalue weighted by molar-refractivity contribution is 9.10. The molecule has 1 amide bonds. The van der Waals surface area contributed by atoms with Gasteiger partial charge in [-0.2, -0.15) is 0 Å². The Morgan fingerprint density at radius 2 is 2.12 bits per heavy atom. The van der Waals surface area contributed by atoms with Gasteiger partial charge in [0.1, 0.15) is 0 Å². The SMILES string of the molecule is Cc1cc(Br)ccc1CCC(=O)NC(C)C. The number of carbonyl (C=O) groups is 1. The lowest BCUT2D eigenvalue weighted by atomic mass is 10.0. The molecule has 0 saturated heterocycles. The van der Waals surface area contributed by atoms with Crippen LogP contribution in [0.3, 0.4) is 0 Å². The van der Waals surface area contributed by atoms with Gasteiger partial charge in [0.25, 0.3) is 0 Å². The number of hydrogen-bond donors (Lipinski definition) is 1. The number of aryl methyl sites for hydroxylation is 2. The molecule has 0 spiro atoms. The topological polar surface area (TPSA) is 29.1 Å². The van der Waals surface area contributed by atoms with Crippen molar-refractivity contribution < 1.29 is 4.79 Å². The van der Waals surface area contributed by atoms with E-state index in [0.29, 0.717) is 6.42 Å². The average Bonchev–Trinajstić information content (AvgIpc) is 2.15. The number of rotatable bonds is 4. The van der Waals surface area contributed by atoms with Gasteiger partial charge in [-0.05, 0) is 50.5 Å². The minimum atomic E-state index is 0.123. The summed E-state index contributed by atoms with van der Waals surface area (Å²) in [6, 6.07) is 6.39. The van der Waals surface area contributed by atoms with Gasteiger partial charge in [0.15, 0.2) is 0 Å². The third-order valence-corrected chi connectivity index (χ3v) is 2.87. The monoisotopic (exact) mass is 283 g/mol. The molecule has 0 aliphatic carbocycles. The summed E-state index contributed by atoms with van der Waals surface area (Å²) in [5.41, 5.74) is 2.47. The number of carbonyl (C=O) groups excluding carboxylic acids is 1. The van der Waals surface area contributed by atoms with E-state index in [0.717, 1.165) is 10.9 Å². The van der Waals surface area contributed by atoms with E-state index in [1.54, 1.807) is 0 Å². The van der Waals surface area contributed by atoms with Crippen LogP contribution in [-0.2, 0) is 11.2 Å². The molecule has 1 aromatic rings. The molecule has 0 atom stereocenters. The Morgan fingerprint density at radius 3 is 2.69 bits per heavy atom.